The number of likely N-dealkylation sites (tertiary alicyclic amines) is 1. The first kappa shape index (κ1) is 17.0. The van der Waals surface area contributed by atoms with Crippen molar-refractivity contribution in [1.29, 1.82) is 0 Å². The Morgan fingerprint density at radius 2 is 1.62 bits per heavy atom. The number of piperidine rings is 1. The molecule has 1 saturated heterocycles. The third-order valence-electron chi connectivity index (χ3n) is 4.81. The highest BCUT2D eigenvalue weighted by molar-refractivity contribution is 5.77. The van der Waals surface area contributed by atoms with Gasteiger partial charge in [0.05, 0.1) is 10.9 Å². The van der Waals surface area contributed by atoms with Crippen molar-refractivity contribution in [2.45, 2.75) is 52.1 Å². The molecule has 1 aromatic carbocycles. The van der Waals surface area contributed by atoms with Crippen LogP contribution in [0.2, 0.25) is 0 Å². The SMILES string of the molecule is CC(C)(C)n1c(=O)c2ccccc2n(CCN2CCCCC2)c1=O. The highest BCUT2D eigenvalue weighted by Crippen LogP contribution is 2.14. The molecule has 0 aliphatic carbocycles. The summed E-state index contributed by atoms with van der Waals surface area (Å²) in [6.07, 6.45) is 3.77. The smallest absolute Gasteiger partial charge is 0.302 e. The number of hydrogen-bond donors (Lipinski definition) is 0. The van der Waals surface area contributed by atoms with Gasteiger partial charge in [-0.15, -0.1) is 0 Å². The topological polar surface area (TPSA) is 47.2 Å². The lowest BCUT2D eigenvalue weighted by atomic mass is 10.1. The van der Waals surface area contributed by atoms with Gasteiger partial charge in [-0.1, -0.05) is 18.6 Å². The first-order valence-corrected chi connectivity index (χ1v) is 8.87. The van der Waals surface area contributed by atoms with Gasteiger partial charge in [-0.3, -0.25) is 13.9 Å². The summed E-state index contributed by atoms with van der Waals surface area (Å²) in [6.45, 7) is 9.39. The second kappa shape index (κ2) is 6.55. The second-order valence-electron chi connectivity index (χ2n) is 7.67. The molecule has 1 aliphatic rings. The van der Waals surface area contributed by atoms with Gasteiger partial charge < -0.3 is 4.90 Å². The van der Waals surface area contributed by atoms with Gasteiger partial charge in [0.15, 0.2) is 0 Å². The summed E-state index contributed by atoms with van der Waals surface area (Å²) in [6, 6.07) is 7.44. The molecule has 130 valence electrons. The van der Waals surface area contributed by atoms with Gasteiger partial charge >= 0.3 is 5.69 Å². The molecule has 1 aliphatic heterocycles. The molecule has 0 unspecified atom stereocenters. The standard InChI is InChI=1S/C19H27N3O2/c1-19(2,3)22-17(23)15-9-5-6-10-16(15)21(18(22)24)14-13-20-11-7-4-8-12-20/h5-6,9-10H,4,7-8,11-14H2,1-3H3. The number of nitrogens with zero attached hydrogens (tertiary/aromatic N) is 3. The molecular formula is C19H27N3O2. The first-order chi connectivity index (χ1) is 11.4. The zero-order valence-corrected chi connectivity index (χ0v) is 14.9. The number of rotatable bonds is 3. The van der Waals surface area contributed by atoms with Gasteiger partial charge in [0.2, 0.25) is 0 Å². The molecule has 2 heterocycles. The molecule has 5 nitrogen and oxygen atoms in total. The Kier molecular flexibility index (Phi) is 4.63. The molecule has 0 bridgehead atoms. The molecule has 0 amide bonds. The van der Waals surface area contributed by atoms with Gasteiger partial charge in [-0.05, 0) is 58.8 Å². The number of fused-ring (bicyclic) bond motifs is 1. The van der Waals surface area contributed by atoms with E-state index in [-0.39, 0.29) is 11.2 Å². The molecule has 0 atom stereocenters. The van der Waals surface area contributed by atoms with E-state index in [1.807, 2.05) is 45.0 Å². The zero-order chi connectivity index (χ0) is 17.3. The minimum absolute atomic E-state index is 0.197. The largest absolute Gasteiger partial charge is 0.332 e. The average Bonchev–Trinajstić information content (AvgIpc) is 2.54. The Balaban J connectivity index is 2.08. The molecule has 3 rings (SSSR count). The van der Waals surface area contributed by atoms with Crippen LogP contribution in [0.5, 0.6) is 0 Å². The van der Waals surface area contributed by atoms with E-state index in [0.29, 0.717) is 11.9 Å². The Morgan fingerprint density at radius 3 is 2.29 bits per heavy atom. The van der Waals surface area contributed by atoms with Crippen molar-refractivity contribution in [3.05, 3.63) is 45.1 Å². The highest BCUT2D eigenvalue weighted by atomic mass is 16.2. The van der Waals surface area contributed by atoms with Crippen molar-refractivity contribution in [2.24, 2.45) is 0 Å². The first-order valence-electron chi connectivity index (χ1n) is 8.87. The maximum atomic E-state index is 13.0. The summed E-state index contributed by atoms with van der Waals surface area (Å²) in [7, 11) is 0. The monoisotopic (exact) mass is 329 g/mol. The normalized spacial score (nSPS) is 16.6. The van der Waals surface area contributed by atoms with Crippen LogP contribution in [0.15, 0.2) is 33.9 Å². The van der Waals surface area contributed by atoms with Crippen molar-refractivity contribution in [2.75, 3.05) is 19.6 Å². The van der Waals surface area contributed by atoms with E-state index < -0.39 is 5.54 Å². The van der Waals surface area contributed by atoms with Crippen LogP contribution in [-0.2, 0) is 12.1 Å². The van der Waals surface area contributed by atoms with Crippen LogP contribution in [0.25, 0.3) is 10.9 Å². The van der Waals surface area contributed by atoms with E-state index >= 15 is 0 Å². The predicted molar refractivity (Wildman–Crippen MR) is 97.8 cm³/mol. The molecule has 24 heavy (non-hydrogen) atoms. The number of hydrogen-bond acceptors (Lipinski definition) is 3. The van der Waals surface area contributed by atoms with E-state index in [9.17, 15) is 9.59 Å². The van der Waals surface area contributed by atoms with Gasteiger partial charge in [-0.2, -0.15) is 0 Å². The van der Waals surface area contributed by atoms with E-state index in [0.717, 1.165) is 25.2 Å². The highest BCUT2D eigenvalue weighted by Gasteiger charge is 2.22. The number of para-hydroxylation sites is 1. The van der Waals surface area contributed by atoms with Gasteiger partial charge in [0.1, 0.15) is 0 Å². The van der Waals surface area contributed by atoms with Crippen LogP contribution in [0, 0.1) is 0 Å². The maximum absolute atomic E-state index is 13.0. The molecule has 5 heteroatoms. The Morgan fingerprint density at radius 1 is 0.958 bits per heavy atom. The van der Waals surface area contributed by atoms with Gasteiger partial charge in [0, 0.05) is 18.6 Å². The molecule has 1 aromatic heterocycles. The molecule has 2 aromatic rings. The van der Waals surface area contributed by atoms with Crippen LogP contribution in [0.4, 0.5) is 0 Å². The summed E-state index contributed by atoms with van der Waals surface area (Å²) in [5, 5.41) is 0.616. The van der Waals surface area contributed by atoms with Crippen LogP contribution in [-0.4, -0.2) is 33.7 Å². The Labute approximate surface area is 142 Å². The van der Waals surface area contributed by atoms with Crippen molar-refractivity contribution < 1.29 is 0 Å². The van der Waals surface area contributed by atoms with Crippen LogP contribution in [0.1, 0.15) is 40.0 Å². The van der Waals surface area contributed by atoms with Crippen LogP contribution >= 0.6 is 0 Å². The third-order valence-corrected chi connectivity index (χ3v) is 4.81. The molecule has 1 fully saturated rings. The van der Waals surface area contributed by atoms with Crippen molar-refractivity contribution >= 4 is 10.9 Å². The molecular weight excluding hydrogens is 302 g/mol. The second-order valence-corrected chi connectivity index (χ2v) is 7.67. The van der Waals surface area contributed by atoms with Gasteiger partial charge in [0.25, 0.3) is 5.56 Å². The minimum Gasteiger partial charge on any atom is -0.302 e. The fourth-order valence-corrected chi connectivity index (χ4v) is 3.55. The summed E-state index contributed by atoms with van der Waals surface area (Å²) in [4.78, 5) is 28.2. The van der Waals surface area contributed by atoms with Crippen molar-refractivity contribution in [3.63, 3.8) is 0 Å². The molecule has 0 radical (unpaired) electrons. The Hall–Kier alpha value is -1.88. The lowest BCUT2D eigenvalue weighted by Crippen LogP contribution is -2.48. The van der Waals surface area contributed by atoms with E-state index in [1.54, 1.807) is 4.57 Å². The average molecular weight is 329 g/mol. The summed E-state index contributed by atoms with van der Waals surface area (Å²) in [5.41, 5.74) is -0.198. The Bertz CT molecular complexity index is 836. The summed E-state index contributed by atoms with van der Waals surface area (Å²) < 4.78 is 3.17. The van der Waals surface area contributed by atoms with Crippen molar-refractivity contribution in [1.82, 2.24) is 14.0 Å². The van der Waals surface area contributed by atoms with E-state index in [2.05, 4.69) is 4.90 Å². The predicted octanol–water partition coefficient (Wildman–Crippen LogP) is 2.40. The van der Waals surface area contributed by atoms with E-state index in [1.165, 1.54) is 23.8 Å². The van der Waals surface area contributed by atoms with Crippen LogP contribution in [0.3, 0.4) is 0 Å². The zero-order valence-electron chi connectivity index (χ0n) is 14.9. The van der Waals surface area contributed by atoms with Gasteiger partial charge in [-0.25, -0.2) is 4.79 Å². The number of aromatic nitrogens is 2. The fourth-order valence-electron chi connectivity index (χ4n) is 3.55. The maximum Gasteiger partial charge on any atom is 0.332 e. The fraction of sp³-hybridized carbons (Fsp3) is 0.579. The molecule has 0 saturated carbocycles. The van der Waals surface area contributed by atoms with Crippen molar-refractivity contribution in [3.8, 4) is 0 Å². The molecule has 0 N–H and O–H groups in total. The molecule has 0 spiro atoms. The van der Waals surface area contributed by atoms with E-state index in [4.69, 9.17) is 0 Å². The number of benzene rings is 1. The lowest BCUT2D eigenvalue weighted by molar-refractivity contribution is 0.219. The summed E-state index contributed by atoms with van der Waals surface area (Å²) >= 11 is 0. The van der Waals surface area contributed by atoms with Crippen LogP contribution < -0.4 is 11.2 Å². The summed E-state index contributed by atoms with van der Waals surface area (Å²) in [5.74, 6) is 0. The lowest BCUT2D eigenvalue weighted by Gasteiger charge is -2.28. The third kappa shape index (κ3) is 3.18. The minimum atomic E-state index is -0.537. The quantitative estimate of drug-likeness (QED) is 0.869.